The van der Waals surface area contributed by atoms with E-state index in [2.05, 4.69) is 54.8 Å². The number of pyridine rings is 2. The minimum Gasteiger partial charge on any atom is -0.383 e. The molecule has 0 bridgehead atoms. The molecule has 7 rings (SSSR count). The second-order valence-electron chi connectivity index (χ2n) is 12.7. The number of hydrogen-bond donors (Lipinski definition) is 3. The Morgan fingerprint density at radius 1 is 0.960 bits per heavy atom. The van der Waals surface area contributed by atoms with Gasteiger partial charge in [-0.1, -0.05) is 38.1 Å². The largest absolute Gasteiger partial charge is 0.383 e. The van der Waals surface area contributed by atoms with Gasteiger partial charge < -0.3 is 16.4 Å². The Labute approximate surface area is 290 Å². The maximum Gasteiger partial charge on any atom is 0.234 e. The molecule has 12 heteroatoms. The monoisotopic (exact) mass is 663 g/mol. The highest BCUT2D eigenvalue weighted by atomic mass is 16.1. The maximum atomic E-state index is 12.4. The van der Waals surface area contributed by atoms with Crippen LogP contribution in [0.3, 0.4) is 0 Å². The van der Waals surface area contributed by atoms with Crippen LogP contribution in [-0.2, 0) is 11.3 Å². The molecule has 5 heterocycles. The molecule has 1 saturated heterocycles. The van der Waals surface area contributed by atoms with E-state index in [0.29, 0.717) is 29.1 Å². The molecule has 0 spiro atoms. The number of likely N-dealkylation sites (tertiary alicyclic amines) is 1. The summed E-state index contributed by atoms with van der Waals surface area (Å²) in [4.78, 5) is 37.4. The van der Waals surface area contributed by atoms with Crippen LogP contribution in [0.15, 0.2) is 91.3 Å². The van der Waals surface area contributed by atoms with E-state index in [0.717, 1.165) is 66.2 Å². The standard InChI is InChI=1S/C38H37N11O/c1-24(2)38(50)44-28-6-3-5-26(21-28)31-12-13-32-37(45-31)49(36(46-32)30-7-4-17-42-35(30)40)29-10-8-25(9-11-29)23-48-19-15-27(16-20-48)43-33-14-18-41-34(22-39)47-33/h3-14,17-18,21,24,27H,15-16,19-20,23H2,1-2H3,(H2,40,42)(H,44,50)(H,41,43,47). The molecule has 1 fully saturated rings. The van der Waals surface area contributed by atoms with Crippen molar-refractivity contribution in [1.29, 1.82) is 5.26 Å². The third-order valence-electron chi connectivity index (χ3n) is 8.83. The van der Waals surface area contributed by atoms with Crippen molar-refractivity contribution in [2.24, 2.45) is 5.92 Å². The second kappa shape index (κ2) is 14.1. The van der Waals surface area contributed by atoms with Gasteiger partial charge in [-0.25, -0.2) is 24.9 Å². The first-order valence-corrected chi connectivity index (χ1v) is 16.7. The number of hydrogen-bond acceptors (Lipinski definition) is 10. The molecule has 1 aliphatic rings. The average Bonchev–Trinajstić information content (AvgIpc) is 3.51. The maximum absolute atomic E-state index is 12.4. The van der Waals surface area contributed by atoms with Gasteiger partial charge in [-0.3, -0.25) is 14.3 Å². The molecular weight excluding hydrogens is 626 g/mol. The van der Waals surface area contributed by atoms with Crippen molar-refractivity contribution in [2.75, 3.05) is 29.5 Å². The number of piperidine rings is 1. The van der Waals surface area contributed by atoms with Gasteiger partial charge >= 0.3 is 0 Å². The summed E-state index contributed by atoms with van der Waals surface area (Å²) in [5.41, 5.74) is 13.0. The second-order valence-corrected chi connectivity index (χ2v) is 12.7. The van der Waals surface area contributed by atoms with E-state index in [1.165, 1.54) is 5.56 Å². The number of nitriles is 1. The van der Waals surface area contributed by atoms with Crippen LogP contribution in [0.5, 0.6) is 0 Å². The highest BCUT2D eigenvalue weighted by Gasteiger charge is 2.21. The van der Waals surface area contributed by atoms with Gasteiger partial charge in [0.05, 0.1) is 11.3 Å². The normalized spacial score (nSPS) is 13.7. The number of nitrogens with two attached hydrogens (primary N) is 1. The van der Waals surface area contributed by atoms with Gasteiger partial charge in [-0.15, -0.1) is 0 Å². The fourth-order valence-corrected chi connectivity index (χ4v) is 6.14. The first-order chi connectivity index (χ1) is 24.3. The molecule has 6 aromatic rings. The van der Waals surface area contributed by atoms with Crippen molar-refractivity contribution >= 4 is 34.4 Å². The molecular formula is C38H37N11O. The number of fused-ring (bicyclic) bond motifs is 1. The summed E-state index contributed by atoms with van der Waals surface area (Å²) < 4.78 is 2.03. The molecule has 1 aliphatic heterocycles. The lowest BCUT2D eigenvalue weighted by atomic mass is 10.0. The van der Waals surface area contributed by atoms with E-state index in [1.807, 2.05) is 73.0 Å². The lowest BCUT2D eigenvalue weighted by molar-refractivity contribution is -0.118. The Hall–Kier alpha value is -6.19. The number of nitrogens with one attached hydrogen (secondary N) is 2. The van der Waals surface area contributed by atoms with E-state index < -0.39 is 0 Å². The lowest BCUT2D eigenvalue weighted by Crippen LogP contribution is -2.38. The Morgan fingerprint density at radius 2 is 1.78 bits per heavy atom. The Kier molecular flexibility index (Phi) is 9.14. The van der Waals surface area contributed by atoms with Crippen LogP contribution in [0.4, 0.5) is 17.3 Å². The summed E-state index contributed by atoms with van der Waals surface area (Å²) in [6, 6.07) is 28.0. The fourth-order valence-electron chi connectivity index (χ4n) is 6.14. The highest BCUT2D eigenvalue weighted by molar-refractivity contribution is 5.93. The summed E-state index contributed by atoms with van der Waals surface area (Å²) in [6.07, 6.45) is 5.23. The van der Waals surface area contributed by atoms with Gasteiger partial charge in [0.2, 0.25) is 11.7 Å². The minimum atomic E-state index is -0.127. The van der Waals surface area contributed by atoms with Crippen molar-refractivity contribution in [1.82, 2.24) is 34.4 Å². The molecule has 0 aliphatic carbocycles. The number of nitrogen functional groups attached to an aromatic ring is 1. The molecule has 50 heavy (non-hydrogen) atoms. The summed E-state index contributed by atoms with van der Waals surface area (Å²) in [5, 5.41) is 15.5. The smallest absolute Gasteiger partial charge is 0.234 e. The minimum absolute atomic E-state index is 0.0400. The Bertz CT molecular complexity index is 2200. The number of nitrogens with zero attached hydrogens (tertiary/aromatic N) is 8. The fraction of sp³-hybridized carbons (Fsp3) is 0.237. The van der Waals surface area contributed by atoms with Gasteiger partial charge in [0, 0.05) is 60.9 Å². The number of carbonyl (C=O) groups is 1. The van der Waals surface area contributed by atoms with Crippen molar-refractivity contribution in [2.45, 2.75) is 39.3 Å². The molecule has 2 aromatic carbocycles. The number of aromatic nitrogens is 6. The zero-order chi connectivity index (χ0) is 34.6. The summed E-state index contributed by atoms with van der Waals surface area (Å²) in [5.74, 6) is 1.74. The summed E-state index contributed by atoms with van der Waals surface area (Å²) >= 11 is 0. The highest BCUT2D eigenvalue weighted by Crippen LogP contribution is 2.32. The molecule has 0 unspecified atom stereocenters. The number of imidazole rings is 1. The summed E-state index contributed by atoms with van der Waals surface area (Å²) in [7, 11) is 0. The van der Waals surface area contributed by atoms with E-state index in [4.69, 9.17) is 21.0 Å². The van der Waals surface area contributed by atoms with E-state index >= 15 is 0 Å². The third-order valence-corrected chi connectivity index (χ3v) is 8.83. The molecule has 4 aromatic heterocycles. The van der Waals surface area contributed by atoms with E-state index in [9.17, 15) is 4.79 Å². The van der Waals surface area contributed by atoms with Gasteiger partial charge in [0.15, 0.2) is 11.5 Å². The predicted molar refractivity (Wildman–Crippen MR) is 194 cm³/mol. The molecule has 0 saturated carbocycles. The number of anilines is 3. The predicted octanol–water partition coefficient (Wildman–Crippen LogP) is 6.06. The lowest BCUT2D eigenvalue weighted by Gasteiger charge is -2.32. The van der Waals surface area contributed by atoms with E-state index in [-0.39, 0.29) is 17.6 Å². The number of amides is 1. The van der Waals surface area contributed by atoms with Gasteiger partial charge in [0.25, 0.3) is 0 Å². The van der Waals surface area contributed by atoms with Crippen LogP contribution < -0.4 is 16.4 Å². The van der Waals surface area contributed by atoms with Crippen molar-refractivity contribution < 1.29 is 4.79 Å². The Morgan fingerprint density at radius 3 is 2.54 bits per heavy atom. The van der Waals surface area contributed by atoms with Crippen LogP contribution >= 0.6 is 0 Å². The molecule has 4 N–H and O–H groups in total. The first kappa shape index (κ1) is 32.4. The van der Waals surface area contributed by atoms with E-state index in [1.54, 1.807) is 18.5 Å². The topological polar surface area (TPSA) is 164 Å². The van der Waals surface area contributed by atoms with Gasteiger partial charge in [0.1, 0.15) is 23.2 Å². The van der Waals surface area contributed by atoms with Gasteiger partial charge in [-0.05, 0) is 73.0 Å². The van der Waals surface area contributed by atoms with Gasteiger partial charge in [-0.2, -0.15) is 5.26 Å². The first-order valence-electron chi connectivity index (χ1n) is 16.7. The van der Waals surface area contributed by atoms with Crippen LogP contribution in [0, 0.1) is 17.2 Å². The Balaban J connectivity index is 1.14. The number of rotatable bonds is 9. The zero-order valence-corrected chi connectivity index (χ0v) is 27.9. The molecule has 250 valence electrons. The molecule has 1 amide bonds. The van der Waals surface area contributed by atoms with Crippen LogP contribution in [0.1, 0.15) is 38.1 Å². The van der Waals surface area contributed by atoms with Crippen molar-refractivity contribution in [3.05, 3.63) is 103 Å². The molecule has 0 radical (unpaired) electrons. The summed E-state index contributed by atoms with van der Waals surface area (Å²) in [6.45, 7) is 6.46. The number of carbonyl (C=O) groups excluding carboxylic acids is 1. The quantitative estimate of drug-likeness (QED) is 0.166. The SMILES string of the molecule is CC(C)C(=O)Nc1cccc(-c2ccc3nc(-c4cccnc4N)n(-c4ccc(CN5CCC(Nc6ccnc(C#N)n6)CC5)cc4)c3n2)c1. The van der Waals surface area contributed by atoms with Crippen LogP contribution in [0.25, 0.3) is 39.5 Å². The molecule has 0 atom stereocenters. The van der Waals surface area contributed by atoms with Crippen LogP contribution in [0.2, 0.25) is 0 Å². The van der Waals surface area contributed by atoms with Crippen molar-refractivity contribution in [3.63, 3.8) is 0 Å². The van der Waals surface area contributed by atoms with Crippen LogP contribution in [-0.4, -0.2) is 59.4 Å². The molecule has 12 nitrogen and oxygen atoms in total. The third kappa shape index (κ3) is 6.99. The average molecular weight is 664 g/mol. The number of benzene rings is 2. The van der Waals surface area contributed by atoms with Crippen molar-refractivity contribution in [3.8, 4) is 34.4 Å². The zero-order valence-electron chi connectivity index (χ0n) is 27.9.